The monoisotopic (exact) mass is 373 g/mol. The van der Waals surface area contributed by atoms with Gasteiger partial charge in [-0.15, -0.1) is 12.4 Å². The number of benzene rings is 1. The van der Waals surface area contributed by atoms with Gasteiger partial charge in [-0.25, -0.2) is 0 Å². The second kappa shape index (κ2) is 9.43. The predicted molar refractivity (Wildman–Crippen MR) is 96.0 cm³/mol. The Balaban J connectivity index is 0.00000312. The van der Waals surface area contributed by atoms with Crippen molar-refractivity contribution in [3.8, 4) is 11.5 Å². The zero-order valence-electron chi connectivity index (χ0n) is 14.5. The Kier molecular flexibility index (Phi) is 7.92. The Labute approximate surface area is 152 Å². The summed E-state index contributed by atoms with van der Waals surface area (Å²) in [6, 6.07) is 2.65. The standard InChI is InChI=1S/C16H23N3O5.ClH/c1-4-24-15-8-11(13(19(21)22)9-14(15)23-3)16(20)18-12-6-5-7-17-10(12)2;/h8-10,12,17H,4-7H2,1-3H3,(H,18,20);1H. The van der Waals surface area contributed by atoms with Crippen LogP contribution in [0.4, 0.5) is 5.69 Å². The van der Waals surface area contributed by atoms with Crippen LogP contribution in [-0.2, 0) is 0 Å². The topological polar surface area (TPSA) is 103 Å². The third-order valence-corrected chi connectivity index (χ3v) is 4.10. The molecule has 2 N–H and O–H groups in total. The number of nitrogens with zero attached hydrogens (tertiary/aromatic N) is 1. The molecule has 1 aromatic rings. The van der Waals surface area contributed by atoms with Gasteiger partial charge in [-0.3, -0.25) is 14.9 Å². The van der Waals surface area contributed by atoms with E-state index in [1.54, 1.807) is 6.92 Å². The second-order valence-corrected chi connectivity index (χ2v) is 5.68. The van der Waals surface area contributed by atoms with Gasteiger partial charge in [0.25, 0.3) is 11.6 Å². The lowest BCUT2D eigenvalue weighted by atomic mass is 9.99. The van der Waals surface area contributed by atoms with Gasteiger partial charge in [-0.1, -0.05) is 0 Å². The van der Waals surface area contributed by atoms with Crippen LogP contribution in [-0.4, -0.2) is 43.2 Å². The van der Waals surface area contributed by atoms with E-state index in [0.29, 0.717) is 12.4 Å². The predicted octanol–water partition coefficient (Wildman–Crippen LogP) is 2.29. The number of hydrogen-bond acceptors (Lipinski definition) is 6. The first-order valence-corrected chi connectivity index (χ1v) is 8.01. The number of methoxy groups -OCH3 is 1. The van der Waals surface area contributed by atoms with Crippen molar-refractivity contribution in [2.24, 2.45) is 0 Å². The zero-order valence-corrected chi connectivity index (χ0v) is 15.4. The van der Waals surface area contributed by atoms with Crippen LogP contribution in [0.15, 0.2) is 12.1 Å². The highest BCUT2D eigenvalue weighted by Crippen LogP contribution is 2.34. The Hall–Kier alpha value is -2.06. The van der Waals surface area contributed by atoms with E-state index < -0.39 is 10.8 Å². The number of carbonyl (C=O) groups excluding carboxylic acids is 1. The molecular weight excluding hydrogens is 350 g/mol. The number of nitro groups is 1. The Morgan fingerprint density at radius 1 is 1.44 bits per heavy atom. The maximum absolute atomic E-state index is 12.6. The van der Waals surface area contributed by atoms with Gasteiger partial charge < -0.3 is 20.1 Å². The molecule has 0 aromatic heterocycles. The highest BCUT2D eigenvalue weighted by molar-refractivity contribution is 5.99. The van der Waals surface area contributed by atoms with Gasteiger partial charge in [0.05, 0.1) is 24.7 Å². The molecule has 1 amide bonds. The summed E-state index contributed by atoms with van der Waals surface area (Å²) in [4.78, 5) is 23.3. The lowest BCUT2D eigenvalue weighted by molar-refractivity contribution is -0.385. The summed E-state index contributed by atoms with van der Waals surface area (Å²) in [5.74, 6) is 0.0595. The first-order chi connectivity index (χ1) is 11.5. The molecule has 1 heterocycles. The normalized spacial score (nSPS) is 19.5. The third-order valence-electron chi connectivity index (χ3n) is 4.10. The van der Waals surface area contributed by atoms with Crippen LogP contribution in [0.5, 0.6) is 11.5 Å². The first kappa shape index (κ1) is 21.0. The van der Waals surface area contributed by atoms with Gasteiger partial charge >= 0.3 is 0 Å². The van der Waals surface area contributed by atoms with E-state index >= 15 is 0 Å². The lowest BCUT2D eigenvalue weighted by Gasteiger charge is -2.30. The van der Waals surface area contributed by atoms with E-state index in [9.17, 15) is 14.9 Å². The molecule has 1 aliphatic heterocycles. The molecule has 25 heavy (non-hydrogen) atoms. The van der Waals surface area contributed by atoms with Crippen LogP contribution in [0.1, 0.15) is 37.0 Å². The quantitative estimate of drug-likeness (QED) is 0.585. The number of piperidine rings is 1. The average Bonchev–Trinajstić information content (AvgIpc) is 2.56. The number of ether oxygens (including phenoxy) is 2. The summed E-state index contributed by atoms with van der Waals surface area (Å²) < 4.78 is 10.5. The van der Waals surface area contributed by atoms with Gasteiger partial charge in [0.1, 0.15) is 5.56 Å². The molecule has 2 rings (SSSR count). The van der Waals surface area contributed by atoms with Crippen molar-refractivity contribution in [3.05, 3.63) is 27.8 Å². The van der Waals surface area contributed by atoms with Crippen LogP contribution in [0.25, 0.3) is 0 Å². The molecule has 1 aliphatic rings. The molecule has 0 saturated carbocycles. The molecule has 140 valence electrons. The highest BCUT2D eigenvalue weighted by Gasteiger charge is 2.28. The molecule has 1 saturated heterocycles. The maximum Gasteiger partial charge on any atom is 0.286 e. The number of halogens is 1. The van der Waals surface area contributed by atoms with Crippen LogP contribution < -0.4 is 20.1 Å². The average molecular weight is 374 g/mol. The van der Waals surface area contributed by atoms with Gasteiger partial charge in [0, 0.05) is 18.2 Å². The first-order valence-electron chi connectivity index (χ1n) is 8.01. The minimum absolute atomic E-state index is 0. The SMILES string of the molecule is CCOc1cc(C(=O)NC2CCCNC2C)c([N+](=O)[O-])cc1OC.Cl. The number of nitrogens with one attached hydrogen (secondary N) is 2. The van der Waals surface area contributed by atoms with E-state index in [0.717, 1.165) is 19.4 Å². The van der Waals surface area contributed by atoms with Crippen LogP contribution in [0.2, 0.25) is 0 Å². The third kappa shape index (κ3) is 4.96. The van der Waals surface area contributed by atoms with Gasteiger partial charge in [-0.2, -0.15) is 0 Å². The lowest BCUT2D eigenvalue weighted by Crippen LogP contribution is -2.51. The fourth-order valence-electron chi connectivity index (χ4n) is 2.80. The molecule has 0 radical (unpaired) electrons. The molecule has 8 nitrogen and oxygen atoms in total. The van der Waals surface area contributed by atoms with Crippen LogP contribution >= 0.6 is 12.4 Å². The summed E-state index contributed by atoms with van der Waals surface area (Å²) in [5.41, 5.74) is -0.328. The summed E-state index contributed by atoms with van der Waals surface area (Å²) in [6.07, 6.45) is 1.78. The van der Waals surface area contributed by atoms with E-state index in [4.69, 9.17) is 9.47 Å². The number of hydrogen-bond donors (Lipinski definition) is 2. The van der Waals surface area contributed by atoms with Gasteiger partial charge in [0.2, 0.25) is 0 Å². The second-order valence-electron chi connectivity index (χ2n) is 5.68. The van der Waals surface area contributed by atoms with E-state index in [1.807, 2.05) is 6.92 Å². The molecule has 1 fully saturated rings. The number of nitro benzene ring substituents is 1. The Morgan fingerprint density at radius 3 is 2.72 bits per heavy atom. The molecule has 0 aliphatic carbocycles. The number of carbonyl (C=O) groups is 1. The van der Waals surface area contributed by atoms with Crippen molar-refractivity contribution in [2.75, 3.05) is 20.3 Å². The molecular formula is C16H24ClN3O5. The zero-order chi connectivity index (χ0) is 17.7. The summed E-state index contributed by atoms with van der Waals surface area (Å²) >= 11 is 0. The van der Waals surface area contributed by atoms with Crippen LogP contribution in [0, 0.1) is 10.1 Å². The van der Waals surface area contributed by atoms with E-state index in [-0.39, 0.29) is 41.5 Å². The minimum atomic E-state index is -0.588. The summed E-state index contributed by atoms with van der Waals surface area (Å²) in [6.45, 7) is 5.04. The van der Waals surface area contributed by atoms with Crippen molar-refractivity contribution in [1.82, 2.24) is 10.6 Å². The van der Waals surface area contributed by atoms with Crippen molar-refractivity contribution in [2.45, 2.75) is 38.8 Å². The fourth-order valence-corrected chi connectivity index (χ4v) is 2.80. The molecule has 2 unspecified atom stereocenters. The fraction of sp³-hybridized carbons (Fsp3) is 0.562. The maximum atomic E-state index is 12.6. The summed E-state index contributed by atoms with van der Waals surface area (Å²) in [5, 5.41) is 17.5. The van der Waals surface area contributed by atoms with Gasteiger partial charge in [0.15, 0.2) is 11.5 Å². The van der Waals surface area contributed by atoms with Crippen molar-refractivity contribution in [3.63, 3.8) is 0 Å². The van der Waals surface area contributed by atoms with Crippen molar-refractivity contribution in [1.29, 1.82) is 0 Å². The smallest absolute Gasteiger partial charge is 0.286 e. The Morgan fingerprint density at radius 2 is 2.16 bits per heavy atom. The van der Waals surface area contributed by atoms with Gasteiger partial charge in [-0.05, 0) is 33.2 Å². The molecule has 1 aromatic carbocycles. The van der Waals surface area contributed by atoms with Crippen LogP contribution in [0.3, 0.4) is 0 Å². The number of amides is 1. The number of rotatable bonds is 6. The van der Waals surface area contributed by atoms with Crippen molar-refractivity contribution < 1.29 is 19.2 Å². The largest absolute Gasteiger partial charge is 0.493 e. The summed E-state index contributed by atoms with van der Waals surface area (Å²) in [7, 11) is 1.40. The molecule has 0 spiro atoms. The molecule has 0 bridgehead atoms. The van der Waals surface area contributed by atoms with Crippen molar-refractivity contribution >= 4 is 24.0 Å². The van der Waals surface area contributed by atoms with E-state index in [2.05, 4.69) is 10.6 Å². The Bertz CT molecular complexity index is 626. The molecule has 2 atom stereocenters. The highest BCUT2D eigenvalue weighted by atomic mass is 35.5. The molecule has 9 heteroatoms. The van der Waals surface area contributed by atoms with E-state index in [1.165, 1.54) is 19.2 Å². The minimum Gasteiger partial charge on any atom is -0.493 e.